The van der Waals surface area contributed by atoms with Gasteiger partial charge in [0.15, 0.2) is 11.5 Å². The van der Waals surface area contributed by atoms with Crippen LogP contribution >= 0.6 is 11.6 Å². The van der Waals surface area contributed by atoms with Gasteiger partial charge in [-0.05, 0) is 65.2 Å². The molecule has 0 aliphatic carbocycles. The molecule has 39 heavy (non-hydrogen) atoms. The number of nitrogens with one attached hydrogen (secondary N) is 1. The Bertz CT molecular complexity index is 1750. The van der Waals surface area contributed by atoms with Crippen molar-refractivity contribution in [3.05, 3.63) is 126 Å². The zero-order valence-electron chi connectivity index (χ0n) is 21.1. The van der Waals surface area contributed by atoms with Gasteiger partial charge in [0.1, 0.15) is 12.1 Å². The Hall–Kier alpha value is -4.94. The molecule has 0 aliphatic rings. The molecule has 6 aromatic rings. The number of ether oxygens (including phenoxy) is 1. The van der Waals surface area contributed by atoms with E-state index < -0.39 is 0 Å². The van der Waals surface area contributed by atoms with E-state index in [1.54, 1.807) is 19.7 Å². The number of hydrogen-bond donors (Lipinski definition) is 1. The lowest BCUT2D eigenvalue weighted by Gasteiger charge is -2.13. The second-order valence-corrected chi connectivity index (χ2v) is 9.27. The van der Waals surface area contributed by atoms with E-state index in [9.17, 15) is 0 Å². The highest BCUT2D eigenvalue weighted by Crippen LogP contribution is 2.44. The summed E-state index contributed by atoms with van der Waals surface area (Å²) in [5.74, 6) is 1.40. The van der Waals surface area contributed by atoms with Gasteiger partial charge in [-0.25, -0.2) is 9.97 Å². The fourth-order valence-corrected chi connectivity index (χ4v) is 4.78. The van der Waals surface area contributed by atoms with Crippen LogP contribution in [0.3, 0.4) is 0 Å². The molecule has 0 fully saturated rings. The minimum atomic E-state index is 0.605. The summed E-state index contributed by atoms with van der Waals surface area (Å²) in [6.45, 7) is 0. The van der Waals surface area contributed by atoms with Crippen LogP contribution in [-0.2, 0) is 0 Å². The quantitative estimate of drug-likeness (QED) is 0.169. The normalized spacial score (nSPS) is 11.2. The molecular formula is C32H24ClN5O. The molecule has 0 spiro atoms. The van der Waals surface area contributed by atoms with E-state index >= 15 is 0 Å². The van der Waals surface area contributed by atoms with E-state index in [1.165, 1.54) is 0 Å². The zero-order chi connectivity index (χ0) is 26.6. The number of hydrogen-bond acceptors (Lipinski definition) is 5. The number of halogens is 1. The highest BCUT2D eigenvalue weighted by Gasteiger charge is 2.24. The maximum atomic E-state index is 6.26. The molecule has 1 N–H and O–H groups in total. The molecule has 0 atom stereocenters. The maximum absolute atomic E-state index is 6.26. The first-order chi connectivity index (χ1) is 19.2. The lowest BCUT2D eigenvalue weighted by Crippen LogP contribution is -2.00. The van der Waals surface area contributed by atoms with Crippen LogP contribution in [0.4, 0.5) is 5.82 Å². The fourth-order valence-electron chi connectivity index (χ4n) is 4.65. The molecule has 0 saturated carbocycles. The van der Waals surface area contributed by atoms with Crippen LogP contribution in [0.5, 0.6) is 5.75 Å². The number of nitrogens with zero attached hydrogens (tertiary/aromatic N) is 4. The molecule has 4 aromatic carbocycles. The summed E-state index contributed by atoms with van der Waals surface area (Å²) in [7, 11) is 1.65. The van der Waals surface area contributed by atoms with Gasteiger partial charge in [0.2, 0.25) is 0 Å². The van der Waals surface area contributed by atoms with Gasteiger partial charge in [0, 0.05) is 16.3 Å². The van der Waals surface area contributed by atoms with Gasteiger partial charge in [-0.3, -0.25) is 9.99 Å². The summed E-state index contributed by atoms with van der Waals surface area (Å²) < 4.78 is 7.41. The maximum Gasteiger partial charge on any atom is 0.159 e. The molecule has 2 heterocycles. The van der Waals surface area contributed by atoms with Crippen molar-refractivity contribution in [2.45, 2.75) is 0 Å². The lowest BCUT2D eigenvalue weighted by molar-refractivity contribution is 0.415. The monoisotopic (exact) mass is 529 g/mol. The average molecular weight is 530 g/mol. The summed E-state index contributed by atoms with van der Waals surface area (Å²) in [4.78, 5) is 9.39. The van der Waals surface area contributed by atoms with E-state index in [0.717, 1.165) is 50.4 Å². The van der Waals surface area contributed by atoms with E-state index in [2.05, 4.69) is 44.3 Å². The first kappa shape index (κ1) is 24.4. The van der Waals surface area contributed by atoms with Crippen molar-refractivity contribution in [1.82, 2.24) is 14.5 Å². The molecule has 0 radical (unpaired) electrons. The standard InChI is InChI=1S/C32H24ClN5O/c1-39-27-18-12-22(13-19-27)20-36-37-31-29-28(23-8-4-2-5-9-23)30(24-10-6-3-7-11-24)38(32(29)35-21-34-31)26-16-14-25(33)15-17-26/h2-21H,1H3,(H,34,35,37)/b36-20+. The summed E-state index contributed by atoms with van der Waals surface area (Å²) in [6, 6.07) is 36.1. The number of benzene rings is 4. The van der Waals surface area contributed by atoms with Gasteiger partial charge in [0.05, 0.1) is 24.4 Å². The molecule has 2 aromatic heterocycles. The van der Waals surface area contributed by atoms with E-state index in [0.29, 0.717) is 10.8 Å². The Labute approximate surface area is 231 Å². The molecule has 7 heteroatoms. The van der Waals surface area contributed by atoms with Crippen LogP contribution in [0.2, 0.25) is 5.02 Å². The van der Waals surface area contributed by atoms with Crippen LogP contribution in [-0.4, -0.2) is 27.9 Å². The molecule has 6 rings (SSSR count). The largest absolute Gasteiger partial charge is 0.497 e. The Morgan fingerprint density at radius 3 is 2.13 bits per heavy atom. The smallest absolute Gasteiger partial charge is 0.159 e. The van der Waals surface area contributed by atoms with Gasteiger partial charge in [0.25, 0.3) is 0 Å². The Balaban J connectivity index is 1.59. The van der Waals surface area contributed by atoms with Crippen molar-refractivity contribution < 1.29 is 4.74 Å². The predicted molar refractivity (Wildman–Crippen MR) is 159 cm³/mol. The number of fused-ring (bicyclic) bond motifs is 1. The molecule has 0 unspecified atom stereocenters. The van der Waals surface area contributed by atoms with E-state index in [-0.39, 0.29) is 0 Å². The van der Waals surface area contributed by atoms with Gasteiger partial charge >= 0.3 is 0 Å². The van der Waals surface area contributed by atoms with Crippen LogP contribution in [0.15, 0.2) is 121 Å². The highest BCUT2D eigenvalue weighted by molar-refractivity contribution is 6.30. The van der Waals surface area contributed by atoms with Crippen molar-refractivity contribution in [2.75, 3.05) is 12.5 Å². The average Bonchev–Trinajstić information content (AvgIpc) is 3.35. The van der Waals surface area contributed by atoms with Crippen molar-refractivity contribution >= 4 is 34.7 Å². The summed E-state index contributed by atoms with van der Waals surface area (Å²) >= 11 is 6.26. The molecule has 0 amide bonds. The van der Waals surface area contributed by atoms with E-state index in [4.69, 9.17) is 21.3 Å². The Kier molecular flexibility index (Phi) is 6.76. The van der Waals surface area contributed by atoms with Gasteiger partial charge in [-0.1, -0.05) is 72.3 Å². The third-order valence-electron chi connectivity index (χ3n) is 6.44. The van der Waals surface area contributed by atoms with E-state index in [1.807, 2.05) is 84.9 Å². The highest BCUT2D eigenvalue weighted by atomic mass is 35.5. The number of hydrazone groups is 1. The number of anilines is 1. The molecule has 6 nitrogen and oxygen atoms in total. The second kappa shape index (κ2) is 10.8. The van der Waals surface area contributed by atoms with Gasteiger partial charge in [-0.15, -0.1) is 0 Å². The SMILES string of the molecule is COc1ccc(/C=N/Nc2ncnc3c2c(-c2ccccc2)c(-c2ccccc2)n3-c2ccc(Cl)cc2)cc1. The first-order valence-electron chi connectivity index (χ1n) is 12.4. The second-order valence-electron chi connectivity index (χ2n) is 8.83. The van der Waals surface area contributed by atoms with Crippen molar-refractivity contribution in [1.29, 1.82) is 0 Å². The Morgan fingerprint density at radius 2 is 1.46 bits per heavy atom. The summed E-state index contributed by atoms with van der Waals surface area (Å²) in [5, 5.41) is 6.05. The number of aromatic nitrogens is 3. The molecular weight excluding hydrogens is 506 g/mol. The van der Waals surface area contributed by atoms with Crippen molar-refractivity contribution in [2.24, 2.45) is 5.10 Å². The number of methoxy groups -OCH3 is 1. The summed E-state index contributed by atoms with van der Waals surface area (Å²) in [6.07, 6.45) is 3.31. The van der Waals surface area contributed by atoms with Crippen LogP contribution in [0.25, 0.3) is 39.1 Å². The van der Waals surface area contributed by atoms with Crippen LogP contribution in [0.1, 0.15) is 5.56 Å². The topological polar surface area (TPSA) is 64.3 Å². The lowest BCUT2D eigenvalue weighted by atomic mass is 9.99. The van der Waals surface area contributed by atoms with Crippen LogP contribution in [0, 0.1) is 0 Å². The fraction of sp³-hybridized carbons (Fsp3) is 0.0312. The summed E-state index contributed by atoms with van der Waals surface area (Å²) in [5.41, 5.74) is 9.92. The van der Waals surface area contributed by atoms with Crippen LogP contribution < -0.4 is 10.2 Å². The Morgan fingerprint density at radius 1 is 0.795 bits per heavy atom. The number of rotatable bonds is 7. The predicted octanol–water partition coefficient (Wildman–Crippen LogP) is 7.86. The minimum Gasteiger partial charge on any atom is -0.497 e. The van der Waals surface area contributed by atoms with Gasteiger partial charge in [-0.2, -0.15) is 5.10 Å². The minimum absolute atomic E-state index is 0.605. The molecule has 0 aliphatic heterocycles. The molecule has 0 saturated heterocycles. The van der Waals surface area contributed by atoms with Gasteiger partial charge < -0.3 is 4.74 Å². The molecule has 190 valence electrons. The van der Waals surface area contributed by atoms with Crippen molar-refractivity contribution in [3.8, 4) is 33.8 Å². The molecule has 0 bridgehead atoms. The van der Waals surface area contributed by atoms with Crippen molar-refractivity contribution in [3.63, 3.8) is 0 Å². The zero-order valence-corrected chi connectivity index (χ0v) is 21.9. The third-order valence-corrected chi connectivity index (χ3v) is 6.70. The third kappa shape index (κ3) is 4.85. The first-order valence-corrected chi connectivity index (χ1v) is 12.8.